The topological polar surface area (TPSA) is 63.3 Å². The molecule has 4 aromatic rings. The van der Waals surface area contributed by atoms with Crippen molar-refractivity contribution in [2.75, 3.05) is 0 Å². The number of para-hydroxylation sites is 1. The fourth-order valence-electron chi connectivity index (χ4n) is 2.25. The Kier molecular flexibility index (Phi) is 2.55. The molecule has 0 radical (unpaired) electrons. The molecule has 4 rings (SSSR count). The first kappa shape index (κ1) is 12.1. The van der Waals surface area contributed by atoms with E-state index in [2.05, 4.69) is 4.98 Å². The fourth-order valence-corrected chi connectivity index (χ4v) is 3.22. The average molecular weight is 295 g/mol. The first-order chi connectivity index (χ1) is 10.2. The molecule has 0 atom stereocenters. The van der Waals surface area contributed by atoms with Crippen LogP contribution in [0.25, 0.3) is 31.8 Å². The minimum Gasteiger partial charge on any atom is -0.508 e. The Hall–Kier alpha value is -2.66. The van der Waals surface area contributed by atoms with Crippen LogP contribution in [0.5, 0.6) is 5.75 Å². The Morgan fingerprint density at radius 2 is 2.00 bits per heavy atom. The second-order valence-corrected chi connectivity index (χ2v) is 5.68. The molecule has 21 heavy (non-hydrogen) atoms. The number of hydrogen-bond acceptors (Lipinski definition) is 5. The van der Waals surface area contributed by atoms with Crippen molar-refractivity contribution in [3.05, 3.63) is 59.0 Å². The molecule has 4 nitrogen and oxygen atoms in total. The van der Waals surface area contributed by atoms with Crippen LogP contribution in [0.3, 0.4) is 0 Å². The van der Waals surface area contributed by atoms with Crippen molar-refractivity contribution in [3.63, 3.8) is 0 Å². The van der Waals surface area contributed by atoms with Gasteiger partial charge in [-0.2, -0.15) is 0 Å². The van der Waals surface area contributed by atoms with Gasteiger partial charge in [0.25, 0.3) is 0 Å². The van der Waals surface area contributed by atoms with E-state index in [0.29, 0.717) is 21.5 Å². The summed E-state index contributed by atoms with van der Waals surface area (Å²) in [5, 5.41) is 10.5. The van der Waals surface area contributed by atoms with Crippen LogP contribution in [-0.4, -0.2) is 10.1 Å². The first-order valence-corrected chi connectivity index (χ1v) is 7.14. The van der Waals surface area contributed by atoms with Crippen molar-refractivity contribution >= 4 is 32.5 Å². The molecule has 2 heterocycles. The number of hydrogen-bond donors (Lipinski definition) is 1. The van der Waals surface area contributed by atoms with Gasteiger partial charge < -0.3 is 9.52 Å². The molecule has 0 unspecified atom stereocenters. The molecule has 0 aliphatic carbocycles. The summed E-state index contributed by atoms with van der Waals surface area (Å²) in [6.07, 6.45) is 1.40. The summed E-state index contributed by atoms with van der Waals surface area (Å²) in [6, 6.07) is 12.2. The molecule has 0 saturated heterocycles. The number of nitrogens with zero attached hydrogens (tertiary/aromatic N) is 1. The van der Waals surface area contributed by atoms with Gasteiger partial charge in [-0.3, -0.25) is 4.79 Å². The lowest BCUT2D eigenvalue weighted by atomic mass is 10.2. The molecule has 2 aromatic carbocycles. The van der Waals surface area contributed by atoms with Crippen molar-refractivity contribution in [3.8, 4) is 16.3 Å². The fraction of sp³-hybridized carbons (Fsp3) is 0. The van der Waals surface area contributed by atoms with E-state index in [9.17, 15) is 9.90 Å². The zero-order chi connectivity index (χ0) is 14.4. The van der Waals surface area contributed by atoms with Crippen LogP contribution >= 0.6 is 11.3 Å². The summed E-state index contributed by atoms with van der Waals surface area (Å²) in [4.78, 5) is 17.0. The van der Waals surface area contributed by atoms with Crippen LogP contribution in [0.15, 0.2) is 57.9 Å². The van der Waals surface area contributed by atoms with Crippen LogP contribution in [0, 0.1) is 0 Å². The molecule has 0 saturated carbocycles. The van der Waals surface area contributed by atoms with E-state index >= 15 is 0 Å². The molecule has 0 aliphatic heterocycles. The maximum Gasteiger partial charge on any atom is 0.202 e. The van der Waals surface area contributed by atoms with Crippen LogP contribution < -0.4 is 5.43 Å². The third-order valence-corrected chi connectivity index (χ3v) is 4.35. The predicted molar refractivity (Wildman–Crippen MR) is 82.8 cm³/mol. The van der Waals surface area contributed by atoms with Crippen LogP contribution in [0.4, 0.5) is 0 Å². The van der Waals surface area contributed by atoms with E-state index in [4.69, 9.17) is 4.42 Å². The van der Waals surface area contributed by atoms with Crippen molar-refractivity contribution < 1.29 is 9.52 Å². The maximum absolute atomic E-state index is 12.5. The molecule has 5 heteroatoms. The smallest absolute Gasteiger partial charge is 0.202 e. The third kappa shape index (κ3) is 1.90. The van der Waals surface area contributed by atoms with Gasteiger partial charge in [0.1, 0.15) is 22.6 Å². The van der Waals surface area contributed by atoms with E-state index in [1.54, 1.807) is 6.07 Å². The zero-order valence-electron chi connectivity index (χ0n) is 10.7. The molecule has 2 aromatic heterocycles. The molecule has 102 valence electrons. The Morgan fingerprint density at radius 1 is 1.14 bits per heavy atom. The van der Waals surface area contributed by atoms with Gasteiger partial charge in [0.15, 0.2) is 0 Å². The Labute approximate surface area is 122 Å². The molecule has 0 aliphatic rings. The minimum absolute atomic E-state index is 0.0680. The Bertz CT molecular complexity index is 999. The second kappa shape index (κ2) is 4.43. The molecule has 1 N–H and O–H groups in total. The lowest BCUT2D eigenvalue weighted by Crippen LogP contribution is -2.04. The number of aromatic nitrogens is 1. The summed E-state index contributed by atoms with van der Waals surface area (Å²) in [5.41, 5.74) is 1.53. The quantitative estimate of drug-likeness (QED) is 0.580. The number of rotatable bonds is 1. The number of fused-ring (bicyclic) bond motifs is 2. The molecule has 0 bridgehead atoms. The van der Waals surface area contributed by atoms with E-state index in [-0.39, 0.29) is 11.2 Å². The van der Waals surface area contributed by atoms with Gasteiger partial charge >= 0.3 is 0 Å². The summed E-state index contributed by atoms with van der Waals surface area (Å²) in [6.45, 7) is 0. The standard InChI is InChI=1S/C16H9NO3S/c18-9-5-6-10-13(7-9)20-8-11(15(10)19)16-17-12-3-1-2-4-14(12)21-16/h1-8,18H. The van der Waals surface area contributed by atoms with Gasteiger partial charge in [0, 0.05) is 6.07 Å². The molecule has 0 spiro atoms. The summed E-state index contributed by atoms with van der Waals surface area (Å²) in [7, 11) is 0. The van der Waals surface area contributed by atoms with E-state index in [0.717, 1.165) is 10.2 Å². The van der Waals surface area contributed by atoms with Crippen LogP contribution in [0.2, 0.25) is 0 Å². The van der Waals surface area contributed by atoms with E-state index in [1.165, 1.54) is 29.7 Å². The van der Waals surface area contributed by atoms with Gasteiger partial charge in [-0.25, -0.2) is 4.98 Å². The number of thiazole rings is 1. The second-order valence-electron chi connectivity index (χ2n) is 4.65. The van der Waals surface area contributed by atoms with Crippen molar-refractivity contribution in [2.24, 2.45) is 0 Å². The van der Waals surface area contributed by atoms with Gasteiger partial charge in [-0.15, -0.1) is 11.3 Å². The van der Waals surface area contributed by atoms with E-state index in [1.807, 2.05) is 24.3 Å². The third-order valence-electron chi connectivity index (χ3n) is 3.28. The number of phenols is 1. The number of phenolic OH excluding ortho intramolecular Hbond substituents is 1. The normalized spacial score (nSPS) is 11.2. The first-order valence-electron chi connectivity index (χ1n) is 6.33. The van der Waals surface area contributed by atoms with Crippen molar-refractivity contribution in [1.29, 1.82) is 0 Å². The summed E-state index contributed by atoms with van der Waals surface area (Å²) in [5.74, 6) is 0.0680. The van der Waals surface area contributed by atoms with Crippen LogP contribution in [0.1, 0.15) is 0 Å². The van der Waals surface area contributed by atoms with Gasteiger partial charge in [0.05, 0.1) is 21.2 Å². The van der Waals surface area contributed by atoms with Gasteiger partial charge in [-0.1, -0.05) is 12.1 Å². The van der Waals surface area contributed by atoms with Gasteiger partial charge in [-0.05, 0) is 24.3 Å². The maximum atomic E-state index is 12.5. The lowest BCUT2D eigenvalue weighted by Gasteiger charge is -2.00. The molecular weight excluding hydrogens is 286 g/mol. The zero-order valence-corrected chi connectivity index (χ0v) is 11.6. The average Bonchev–Trinajstić information content (AvgIpc) is 2.91. The minimum atomic E-state index is -0.143. The van der Waals surface area contributed by atoms with Crippen molar-refractivity contribution in [2.45, 2.75) is 0 Å². The Morgan fingerprint density at radius 3 is 2.86 bits per heavy atom. The summed E-state index contributed by atoms with van der Waals surface area (Å²) >= 11 is 1.46. The molecule has 0 fully saturated rings. The number of benzene rings is 2. The molecule has 0 amide bonds. The highest BCUT2D eigenvalue weighted by Gasteiger charge is 2.13. The van der Waals surface area contributed by atoms with E-state index < -0.39 is 0 Å². The summed E-state index contributed by atoms with van der Waals surface area (Å²) < 4.78 is 6.49. The van der Waals surface area contributed by atoms with Crippen LogP contribution in [-0.2, 0) is 0 Å². The highest BCUT2D eigenvalue weighted by Crippen LogP contribution is 2.29. The van der Waals surface area contributed by atoms with Gasteiger partial charge in [0.2, 0.25) is 5.43 Å². The highest BCUT2D eigenvalue weighted by atomic mass is 32.1. The highest BCUT2D eigenvalue weighted by molar-refractivity contribution is 7.21. The molecular formula is C16H9NO3S. The SMILES string of the molecule is O=c1c(-c2nc3ccccc3s2)coc2cc(O)ccc12. The lowest BCUT2D eigenvalue weighted by molar-refractivity contribution is 0.474. The largest absolute Gasteiger partial charge is 0.508 e. The number of aromatic hydroxyl groups is 1. The van der Waals surface area contributed by atoms with Crippen molar-refractivity contribution in [1.82, 2.24) is 4.98 Å². The monoisotopic (exact) mass is 295 g/mol. The predicted octanol–water partition coefficient (Wildman–Crippen LogP) is 3.78. The Balaban J connectivity index is 2.00.